The van der Waals surface area contributed by atoms with Crippen LogP contribution in [0, 0.1) is 17.7 Å². The highest BCUT2D eigenvalue weighted by atomic mass is 19.1. The second-order valence-electron chi connectivity index (χ2n) is 5.21. The maximum atomic E-state index is 14.1. The third-order valence-corrected chi connectivity index (χ3v) is 3.47. The van der Waals surface area contributed by atoms with Gasteiger partial charge in [-0.3, -0.25) is 4.79 Å². The molecule has 2 aromatic rings. The van der Waals surface area contributed by atoms with E-state index >= 15 is 0 Å². The predicted octanol–water partition coefficient (Wildman–Crippen LogP) is 3.74. The SMILES string of the molecule is CCCN(CC#Cc1ccccc1)C(=O)c1c(F)cccc1OC. The zero-order valence-electron chi connectivity index (χ0n) is 13.9. The number of nitrogens with zero attached hydrogens (tertiary/aromatic N) is 1. The fourth-order valence-corrected chi connectivity index (χ4v) is 2.32. The van der Waals surface area contributed by atoms with E-state index in [1.54, 1.807) is 6.07 Å². The van der Waals surface area contributed by atoms with Gasteiger partial charge in [-0.2, -0.15) is 0 Å². The molecule has 0 saturated heterocycles. The Morgan fingerprint density at radius 1 is 1.17 bits per heavy atom. The van der Waals surface area contributed by atoms with Crippen LogP contribution in [0.4, 0.5) is 4.39 Å². The van der Waals surface area contributed by atoms with Crippen LogP contribution in [0.25, 0.3) is 0 Å². The molecule has 0 unspecified atom stereocenters. The van der Waals surface area contributed by atoms with Gasteiger partial charge in [0.2, 0.25) is 0 Å². The molecule has 0 N–H and O–H groups in total. The summed E-state index contributed by atoms with van der Waals surface area (Å²) in [5.41, 5.74) is 0.833. The van der Waals surface area contributed by atoms with E-state index in [0.29, 0.717) is 6.54 Å². The molecular formula is C20H20FNO2. The minimum Gasteiger partial charge on any atom is -0.496 e. The lowest BCUT2D eigenvalue weighted by Crippen LogP contribution is -2.33. The van der Waals surface area contributed by atoms with Crippen LogP contribution in [0.15, 0.2) is 48.5 Å². The van der Waals surface area contributed by atoms with Crippen molar-refractivity contribution < 1.29 is 13.9 Å². The molecule has 0 aliphatic carbocycles. The highest BCUT2D eigenvalue weighted by Crippen LogP contribution is 2.23. The van der Waals surface area contributed by atoms with Crippen LogP contribution in [-0.4, -0.2) is 31.0 Å². The lowest BCUT2D eigenvalue weighted by atomic mass is 10.1. The van der Waals surface area contributed by atoms with Crippen molar-refractivity contribution in [3.05, 3.63) is 65.5 Å². The molecule has 1 amide bonds. The number of methoxy groups -OCH3 is 1. The van der Waals surface area contributed by atoms with E-state index in [-0.39, 0.29) is 17.9 Å². The zero-order chi connectivity index (χ0) is 17.4. The number of ether oxygens (including phenoxy) is 1. The quantitative estimate of drug-likeness (QED) is 0.784. The van der Waals surface area contributed by atoms with E-state index in [1.807, 2.05) is 37.3 Å². The van der Waals surface area contributed by atoms with Crippen molar-refractivity contribution >= 4 is 5.91 Å². The largest absolute Gasteiger partial charge is 0.496 e. The first-order valence-corrected chi connectivity index (χ1v) is 7.83. The van der Waals surface area contributed by atoms with Crippen molar-refractivity contribution in [2.45, 2.75) is 13.3 Å². The van der Waals surface area contributed by atoms with Gasteiger partial charge in [-0.1, -0.05) is 43.0 Å². The molecule has 0 radical (unpaired) electrons. The van der Waals surface area contributed by atoms with Gasteiger partial charge in [-0.25, -0.2) is 4.39 Å². The lowest BCUT2D eigenvalue weighted by Gasteiger charge is -2.21. The summed E-state index contributed by atoms with van der Waals surface area (Å²) >= 11 is 0. The van der Waals surface area contributed by atoms with E-state index in [4.69, 9.17) is 4.74 Å². The minimum absolute atomic E-state index is 0.0463. The van der Waals surface area contributed by atoms with E-state index in [2.05, 4.69) is 11.8 Å². The van der Waals surface area contributed by atoms with Gasteiger partial charge in [0, 0.05) is 12.1 Å². The summed E-state index contributed by atoms with van der Waals surface area (Å²) in [7, 11) is 1.42. The summed E-state index contributed by atoms with van der Waals surface area (Å²) in [6, 6.07) is 13.9. The Balaban J connectivity index is 2.22. The zero-order valence-corrected chi connectivity index (χ0v) is 13.9. The molecule has 0 spiro atoms. The first kappa shape index (κ1) is 17.6. The average molecular weight is 325 g/mol. The molecule has 0 aliphatic rings. The Hall–Kier alpha value is -2.80. The van der Waals surface area contributed by atoms with Gasteiger partial charge in [0.05, 0.1) is 13.7 Å². The van der Waals surface area contributed by atoms with Gasteiger partial charge in [-0.15, -0.1) is 0 Å². The van der Waals surface area contributed by atoms with Gasteiger partial charge in [0.15, 0.2) is 0 Å². The predicted molar refractivity (Wildman–Crippen MR) is 92.5 cm³/mol. The molecule has 124 valence electrons. The number of hydrogen-bond acceptors (Lipinski definition) is 2. The summed E-state index contributed by atoms with van der Waals surface area (Å²) in [5, 5.41) is 0. The molecule has 24 heavy (non-hydrogen) atoms. The minimum atomic E-state index is -0.587. The molecular weight excluding hydrogens is 305 g/mol. The summed E-state index contributed by atoms with van der Waals surface area (Å²) in [6.07, 6.45) is 0.759. The van der Waals surface area contributed by atoms with Crippen LogP contribution in [0.3, 0.4) is 0 Å². The molecule has 0 aromatic heterocycles. The number of carbonyl (C=O) groups is 1. The maximum absolute atomic E-state index is 14.1. The highest BCUT2D eigenvalue weighted by molar-refractivity contribution is 5.97. The van der Waals surface area contributed by atoms with E-state index < -0.39 is 11.7 Å². The summed E-state index contributed by atoms with van der Waals surface area (Å²) in [4.78, 5) is 14.3. The monoisotopic (exact) mass is 325 g/mol. The Kier molecular flexibility index (Phi) is 6.39. The molecule has 3 nitrogen and oxygen atoms in total. The van der Waals surface area contributed by atoms with E-state index in [9.17, 15) is 9.18 Å². The van der Waals surface area contributed by atoms with E-state index in [0.717, 1.165) is 12.0 Å². The van der Waals surface area contributed by atoms with Crippen LogP contribution in [0.2, 0.25) is 0 Å². The van der Waals surface area contributed by atoms with Crippen molar-refractivity contribution in [3.63, 3.8) is 0 Å². The third kappa shape index (κ3) is 4.36. The standard InChI is InChI=1S/C20H20FNO2/c1-3-14-22(15-8-11-16-9-5-4-6-10-16)20(23)19-17(21)12-7-13-18(19)24-2/h4-7,9-10,12-13H,3,14-15H2,1-2H3. The number of carbonyl (C=O) groups excluding carboxylic acids is 1. The summed E-state index contributed by atoms with van der Waals surface area (Å²) in [6.45, 7) is 2.70. The maximum Gasteiger partial charge on any atom is 0.261 e. The number of halogens is 1. The molecule has 0 heterocycles. The Morgan fingerprint density at radius 2 is 1.92 bits per heavy atom. The first-order chi connectivity index (χ1) is 11.7. The van der Waals surface area contributed by atoms with Crippen LogP contribution >= 0.6 is 0 Å². The summed E-state index contributed by atoms with van der Waals surface area (Å²) < 4.78 is 19.2. The van der Waals surface area contributed by atoms with Gasteiger partial charge < -0.3 is 9.64 Å². The van der Waals surface area contributed by atoms with Gasteiger partial charge in [-0.05, 0) is 30.7 Å². The number of amides is 1. The Morgan fingerprint density at radius 3 is 2.58 bits per heavy atom. The molecule has 0 aliphatic heterocycles. The van der Waals surface area contributed by atoms with Gasteiger partial charge in [0.1, 0.15) is 17.1 Å². The van der Waals surface area contributed by atoms with Crippen molar-refractivity contribution in [1.29, 1.82) is 0 Å². The number of rotatable bonds is 5. The second kappa shape index (κ2) is 8.73. The molecule has 2 aromatic carbocycles. The lowest BCUT2D eigenvalue weighted by molar-refractivity contribution is 0.0768. The molecule has 0 fully saturated rings. The van der Waals surface area contributed by atoms with Crippen molar-refractivity contribution in [2.75, 3.05) is 20.2 Å². The van der Waals surface area contributed by atoms with Gasteiger partial charge >= 0.3 is 0 Å². The molecule has 4 heteroatoms. The molecule has 2 rings (SSSR count). The van der Waals surface area contributed by atoms with Crippen LogP contribution in [0.1, 0.15) is 29.3 Å². The van der Waals surface area contributed by atoms with Crippen LogP contribution < -0.4 is 4.74 Å². The van der Waals surface area contributed by atoms with Crippen LogP contribution in [-0.2, 0) is 0 Å². The number of hydrogen-bond donors (Lipinski definition) is 0. The van der Waals surface area contributed by atoms with Crippen molar-refractivity contribution in [3.8, 4) is 17.6 Å². The fraction of sp³-hybridized carbons (Fsp3) is 0.250. The smallest absolute Gasteiger partial charge is 0.261 e. The first-order valence-electron chi connectivity index (χ1n) is 7.83. The van der Waals surface area contributed by atoms with E-state index in [1.165, 1.54) is 24.1 Å². The molecule has 0 bridgehead atoms. The molecule has 0 atom stereocenters. The van der Waals surface area contributed by atoms with Crippen molar-refractivity contribution in [1.82, 2.24) is 4.90 Å². The van der Waals surface area contributed by atoms with Crippen LogP contribution in [0.5, 0.6) is 5.75 Å². The summed E-state index contributed by atoms with van der Waals surface area (Å²) in [5.74, 6) is 5.24. The Labute approximate surface area is 142 Å². The Bertz CT molecular complexity index is 747. The topological polar surface area (TPSA) is 29.5 Å². The second-order valence-corrected chi connectivity index (χ2v) is 5.21. The average Bonchev–Trinajstić information content (AvgIpc) is 2.61. The normalized spacial score (nSPS) is 9.79. The number of benzene rings is 2. The highest BCUT2D eigenvalue weighted by Gasteiger charge is 2.22. The van der Waals surface area contributed by atoms with Crippen molar-refractivity contribution in [2.24, 2.45) is 0 Å². The fourth-order valence-electron chi connectivity index (χ4n) is 2.32. The molecule has 0 saturated carbocycles. The van der Waals surface area contributed by atoms with Gasteiger partial charge in [0.25, 0.3) is 5.91 Å². The third-order valence-electron chi connectivity index (χ3n) is 3.47.